The van der Waals surface area contributed by atoms with Crippen molar-refractivity contribution >= 4 is 26.0 Å². The van der Waals surface area contributed by atoms with Gasteiger partial charge in [-0.1, -0.05) is 26.0 Å². The molecule has 25 heavy (non-hydrogen) atoms. The van der Waals surface area contributed by atoms with Crippen molar-refractivity contribution in [1.82, 2.24) is 9.44 Å². The maximum absolute atomic E-state index is 12.6. The van der Waals surface area contributed by atoms with E-state index in [1.165, 1.54) is 18.2 Å². The predicted octanol–water partition coefficient (Wildman–Crippen LogP) is 0.905. The molecule has 0 bridgehead atoms. The van der Waals surface area contributed by atoms with Gasteiger partial charge in [-0.3, -0.25) is 4.79 Å². The van der Waals surface area contributed by atoms with Gasteiger partial charge in [0, 0.05) is 6.04 Å². The van der Waals surface area contributed by atoms with E-state index in [4.69, 9.17) is 0 Å². The zero-order chi connectivity index (χ0) is 18.8. The van der Waals surface area contributed by atoms with Crippen LogP contribution in [0.4, 0.5) is 0 Å². The molecule has 1 aromatic rings. The summed E-state index contributed by atoms with van der Waals surface area (Å²) in [4.78, 5) is 10.5. The van der Waals surface area contributed by atoms with Crippen LogP contribution in [-0.4, -0.2) is 40.0 Å². The monoisotopic (exact) mass is 390 g/mol. The van der Waals surface area contributed by atoms with Gasteiger partial charge in [-0.15, -0.1) is 0 Å². The first kappa shape index (κ1) is 19.8. The molecule has 0 aromatic heterocycles. The summed E-state index contributed by atoms with van der Waals surface area (Å²) >= 11 is 0. The SMILES string of the molecule is CC(C)CC(NS(=O)(=O)c1ccccc1S(=O)(=O)NC1CC1)C(=O)O. The number of hydrogen-bond donors (Lipinski definition) is 3. The van der Waals surface area contributed by atoms with Crippen molar-refractivity contribution in [3.8, 4) is 0 Å². The fourth-order valence-electron chi connectivity index (χ4n) is 2.30. The predicted molar refractivity (Wildman–Crippen MR) is 91.0 cm³/mol. The number of hydrogen-bond acceptors (Lipinski definition) is 5. The van der Waals surface area contributed by atoms with Crippen molar-refractivity contribution in [3.05, 3.63) is 24.3 Å². The summed E-state index contributed by atoms with van der Waals surface area (Å²) in [6.07, 6.45) is 1.51. The lowest BCUT2D eigenvalue weighted by atomic mass is 10.1. The van der Waals surface area contributed by atoms with Gasteiger partial charge >= 0.3 is 5.97 Å². The fraction of sp³-hybridized carbons (Fsp3) is 0.533. The molecule has 0 heterocycles. The molecule has 0 aliphatic heterocycles. The van der Waals surface area contributed by atoms with Gasteiger partial charge in [-0.05, 0) is 37.3 Å². The molecule has 1 fully saturated rings. The zero-order valence-electron chi connectivity index (χ0n) is 14.0. The van der Waals surface area contributed by atoms with Crippen LogP contribution in [0.2, 0.25) is 0 Å². The van der Waals surface area contributed by atoms with Crippen molar-refractivity contribution in [3.63, 3.8) is 0 Å². The summed E-state index contributed by atoms with van der Waals surface area (Å²) in [6, 6.07) is 3.64. The second kappa shape index (κ2) is 7.40. The Kier molecular flexibility index (Phi) is 5.87. The van der Waals surface area contributed by atoms with E-state index in [1.807, 2.05) is 0 Å². The third kappa shape index (κ3) is 5.24. The van der Waals surface area contributed by atoms with Gasteiger partial charge in [0.25, 0.3) is 0 Å². The average Bonchev–Trinajstić information content (AvgIpc) is 3.29. The smallest absolute Gasteiger partial charge is 0.321 e. The molecule has 1 atom stereocenters. The summed E-state index contributed by atoms with van der Waals surface area (Å²) in [5, 5.41) is 9.23. The minimum atomic E-state index is -4.33. The van der Waals surface area contributed by atoms with Crippen LogP contribution in [0.25, 0.3) is 0 Å². The average molecular weight is 390 g/mol. The highest BCUT2D eigenvalue weighted by Gasteiger charge is 2.33. The number of aliphatic carboxylic acids is 1. The zero-order valence-corrected chi connectivity index (χ0v) is 15.6. The molecule has 10 heteroatoms. The van der Waals surface area contributed by atoms with Crippen LogP contribution in [-0.2, 0) is 24.8 Å². The first-order valence-electron chi connectivity index (χ1n) is 7.89. The van der Waals surface area contributed by atoms with E-state index < -0.39 is 37.0 Å². The topological polar surface area (TPSA) is 130 Å². The van der Waals surface area contributed by atoms with Crippen molar-refractivity contribution in [2.75, 3.05) is 0 Å². The standard InChI is InChI=1S/C15H22N2O6S2/c1-10(2)9-12(15(18)19)17-25(22,23)14-6-4-3-5-13(14)24(20,21)16-11-7-8-11/h3-6,10-12,16-17H,7-9H2,1-2H3,(H,18,19). The van der Waals surface area contributed by atoms with Gasteiger partial charge < -0.3 is 5.11 Å². The molecule has 1 aliphatic carbocycles. The highest BCUT2D eigenvalue weighted by Crippen LogP contribution is 2.26. The van der Waals surface area contributed by atoms with Gasteiger partial charge in [-0.2, -0.15) is 4.72 Å². The molecule has 1 unspecified atom stereocenters. The molecule has 3 N–H and O–H groups in total. The Hall–Kier alpha value is -1.49. The minimum Gasteiger partial charge on any atom is -0.480 e. The third-order valence-corrected chi connectivity index (χ3v) is 6.87. The van der Waals surface area contributed by atoms with Gasteiger partial charge in [0.05, 0.1) is 0 Å². The van der Waals surface area contributed by atoms with E-state index in [0.717, 1.165) is 6.07 Å². The Balaban J connectivity index is 2.37. The van der Waals surface area contributed by atoms with E-state index in [0.29, 0.717) is 12.8 Å². The Labute approximate surface area is 147 Å². The second-order valence-electron chi connectivity index (χ2n) is 6.48. The Morgan fingerprint density at radius 2 is 1.64 bits per heavy atom. The van der Waals surface area contributed by atoms with Gasteiger partial charge in [0.2, 0.25) is 20.0 Å². The number of sulfonamides is 2. The molecule has 8 nitrogen and oxygen atoms in total. The molecule has 1 aliphatic rings. The highest BCUT2D eigenvalue weighted by atomic mass is 32.2. The maximum Gasteiger partial charge on any atom is 0.321 e. The van der Waals surface area contributed by atoms with Crippen molar-refractivity contribution in [2.45, 2.75) is 55.0 Å². The largest absolute Gasteiger partial charge is 0.480 e. The van der Waals surface area contributed by atoms with E-state index in [-0.39, 0.29) is 23.3 Å². The van der Waals surface area contributed by atoms with Crippen LogP contribution >= 0.6 is 0 Å². The molecule has 140 valence electrons. The number of carboxylic acids is 1. The number of benzene rings is 1. The summed E-state index contributed by atoms with van der Waals surface area (Å²) in [6.45, 7) is 3.53. The van der Waals surface area contributed by atoms with E-state index in [9.17, 15) is 26.7 Å². The van der Waals surface area contributed by atoms with Crippen LogP contribution in [0.3, 0.4) is 0 Å². The summed E-state index contributed by atoms with van der Waals surface area (Å²) in [5.74, 6) is -1.37. The highest BCUT2D eigenvalue weighted by molar-refractivity contribution is 7.92. The van der Waals surface area contributed by atoms with Crippen molar-refractivity contribution in [2.24, 2.45) is 5.92 Å². The second-order valence-corrected chi connectivity index (χ2v) is 9.85. The van der Waals surface area contributed by atoms with Crippen molar-refractivity contribution < 1.29 is 26.7 Å². The third-order valence-electron chi connectivity index (χ3n) is 3.63. The summed E-state index contributed by atoms with van der Waals surface area (Å²) in [5.41, 5.74) is 0. The molecular weight excluding hydrogens is 368 g/mol. The normalized spacial score (nSPS) is 16.8. The lowest BCUT2D eigenvalue weighted by molar-refractivity contribution is -0.139. The quantitative estimate of drug-likeness (QED) is 0.574. The molecule has 0 radical (unpaired) electrons. The fourth-order valence-corrected chi connectivity index (χ4v) is 5.64. The van der Waals surface area contributed by atoms with Crippen LogP contribution in [0.1, 0.15) is 33.1 Å². The summed E-state index contributed by atoms with van der Waals surface area (Å²) < 4.78 is 54.7. The van der Waals surface area contributed by atoms with Crippen LogP contribution in [0.15, 0.2) is 34.1 Å². The lowest BCUT2D eigenvalue weighted by Gasteiger charge is -2.18. The number of rotatable bonds is 9. The molecule has 2 rings (SSSR count). The number of carbonyl (C=O) groups is 1. The maximum atomic E-state index is 12.6. The molecular formula is C15H22N2O6S2. The first-order valence-corrected chi connectivity index (χ1v) is 10.9. The molecule has 1 saturated carbocycles. The minimum absolute atomic E-state index is 0.0562. The van der Waals surface area contributed by atoms with Crippen LogP contribution in [0.5, 0.6) is 0 Å². The molecule has 0 spiro atoms. The van der Waals surface area contributed by atoms with E-state index >= 15 is 0 Å². The number of nitrogens with one attached hydrogen (secondary N) is 2. The van der Waals surface area contributed by atoms with Gasteiger partial charge in [-0.25, -0.2) is 21.6 Å². The van der Waals surface area contributed by atoms with Crippen molar-refractivity contribution in [1.29, 1.82) is 0 Å². The van der Waals surface area contributed by atoms with Crippen LogP contribution < -0.4 is 9.44 Å². The molecule has 0 saturated heterocycles. The van der Waals surface area contributed by atoms with Gasteiger partial charge in [0.1, 0.15) is 15.8 Å². The lowest BCUT2D eigenvalue weighted by Crippen LogP contribution is -2.42. The Bertz CT molecular complexity index is 845. The Morgan fingerprint density at radius 1 is 1.12 bits per heavy atom. The molecule has 1 aromatic carbocycles. The summed E-state index contributed by atoms with van der Waals surface area (Å²) in [7, 11) is -8.34. The first-order chi connectivity index (χ1) is 11.5. The van der Waals surface area contributed by atoms with E-state index in [1.54, 1.807) is 13.8 Å². The van der Waals surface area contributed by atoms with Gasteiger partial charge in [0.15, 0.2) is 0 Å². The number of carboxylic acid groups (broad SMARTS) is 1. The Morgan fingerprint density at radius 3 is 2.08 bits per heavy atom. The molecule has 0 amide bonds. The van der Waals surface area contributed by atoms with E-state index in [2.05, 4.69) is 9.44 Å². The van der Waals surface area contributed by atoms with Crippen LogP contribution in [0, 0.1) is 5.92 Å².